The molecule has 0 aliphatic carbocycles. The van der Waals surface area contributed by atoms with Crippen molar-refractivity contribution in [1.29, 1.82) is 5.41 Å². The molecular weight excluding hydrogens is 234 g/mol. The first-order valence-corrected chi connectivity index (χ1v) is 5.22. The highest BCUT2D eigenvalue weighted by Gasteiger charge is 2.19. The van der Waals surface area contributed by atoms with Crippen LogP contribution in [-0.2, 0) is 9.53 Å². The largest absolute Gasteiger partial charge is 0.506 e. The molecule has 0 aliphatic heterocycles. The molecule has 0 aromatic heterocycles. The number of carbonyl (C=O) groups is 1. The van der Waals surface area contributed by atoms with Crippen LogP contribution in [0.3, 0.4) is 0 Å². The molecule has 0 unspecified atom stereocenters. The van der Waals surface area contributed by atoms with E-state index in [0.717, 1.165) is 0 Å². The van der Waals surface area contributed by atoms with Gasteiger partial charge in [0.05, 0.1) is 14.2 Å². The van der Waals surface area contributed by atoms with Crippen molar-refractivity contribution in [1.82, 2.24) is 0 Å². The van der Waals surface area contributed by atoms with Crippen molar-refractivity contribution in [3.8, 4) is 5.75 Å². The molecule has 1 rings (SSSR count). The SMILES string of the molecule is COC(=O)/C(C(C)=N)=C(/O)c1ccc(OC)cc1. The van der Waals surface area contributed by atoms with Gasteiger partial charge in [-0.15, -0.1) is 0 Å². The van der Waals surface area contributed by atoms with E-state index in [1.165, 1.54) is 21.1 Å². The lowest BCUT2D eigenvalue weighted by molar-refractivity contribution is -0.135. The standard InChI is InChI=1S/C13H15NO4/c1-8(14)11(13(16)18-3)12(15)9-4-6-10(17-2)7-5-9/h4-7,14-15H,1-3H3/b12-11+,14-8?. The Hall–Kier alpha value is -2.30. The number of rotatable bonds is 4. The number of carbonyl (C=O) groups excluding carboxylic acids is 1. The highest BCUT2D eigenvalue weighted by atomic mass is 16.5. The maximum absolute atomic E-state index is 11.5. The molecule has 0 aliphatic rings. The lowest BCUT2D eigenvalue weighted by Gasteiger charge is -2.08. The second kappa shape index (κ2) is 5.86. The fraction of sp³-hybridized carbons (Fsp3) is 0.231. The Morgan fingerprint density at radius 1 is 1.22 bits per heavy atom. The molecule has 1 aromatic carbocycles. The molecule has 5 nitrogen and oxygen atoms in total. The second-order valence-electron chi connectivity index (χ2n) is 3.57. The van der Waals surface area contributed by atoms with E-state index in [-0.39, 0.29) is 17.0 Å². The van der Waals surface area contributed by atoms with E-state index in [1.54, 1.807) is 24.3 Å². The Morgan fingerprint density at radius 2 is 1.78 bits per heavy atom. The molecule has 0 radical (unpaired) electrons. The predicted octanol–water partition coefficient (Wildman–Crippen LogP) is 2.18. The maximum Gasteiger partial charge on any atom is 0.343 e. The van der Waals surface area contributed by atoms with Crippen LogP contribution in [0.15, 0.2) is 29.8 Å². The summed E-state index contributed by atoms with van der Waals surface area (Å²) in [6.07, 6.45) is 0. The number of hydrogen-bond acceptors (Lipinski definition) is 5. The van der Waals surface area contributed by atoms with Crippen molar-refractivity contribution in [2.24, 2.45) is 0 Å². The molecule has 0 saturated heterocycles. The van der Waals surface area contributed by atoms with Gasteiger partial charge in [-0.3, -0.25) is 0 Å². The van der Waals surface area contributed by atoms with Gasteiger partial charge in [-0.05, 0) is 31.2 Å². The number of ether oxygens (including phenoxy) is 2. The number of nitrogens with one attached hydrogen (secondary N) is 1. The number of esters is 1. The molecule has 1 aromatic rings. The Balaban J connectivity index is 3.24. The van der Waals surface area contributed by atoms with Gasteiger partial charge in [-0.2, -0.15) is 0 Å². The normalized spacial score (nSPS) is 11.5. The van der Waals surface area contributed by atoms with Crippen molar-refractivity contribution >= 4 is 17.4 Å². The van der Waals surface area contributed by atoms with Crippen LogP contribution in [0.5, 0.6) is 5.75 Å². The first-order valence-electron chi connectivity index (χ1n) is 5.22. The number of aliphatic hydroxyl groups excluding tert-OH is 1. The third-order valence-corrected chi connectivity index (χ3v) is 2.36. The van der Waals surface area contributed by atoms with Gasteiger partial charge in [0.1, 0.15) is 17.1 Å². The van der Waals surface area contributed by atoms with Gasteiger partial charge in [0.2, 0.25) is 0 Å². The number of aliphatic hydroxyl groups is 1. The van der Waals surface area contributed by atoms with Gasteiger partial charge in [0.25, 0.3) is 0 Å². The van der Waals surface area contributed by atoms with Crippen LogP contribution in [-0.4, -0.2) is 31.0 Å². The van der Waals surface area contributed by atoms with Gasteiger partial charge in [-0.25, -0.2) is 4.79 Å². The zero-order valence-corrected chi connectivity index (χ0v) is 10.5. The highest BCUT2D eigenvalue weighted by Crippen LogP contribution is 2.20. The summed E-state index contributed by atoms with van der Waals surface area (Å²) < 4.78 is 9.53. The molecule has 96 valence electrons. The van der Waals surface area contributed by atoms with E-state index in [1.807, 2.05) is 0 Å². The van der Waals surface area contributed by atoms with Crippen molar-refractivity contribution in [2.45, 2.75) is 6.92 Å². The topological polar surface area (TPSA) is 79.6 Å². The third-order valence-electron chi connectivity index (χ3n) is 2.36. The summed E-state index contributed by atoms with van der Waals surface area (Å²) in [4.78, 5) is 11.5. The summed E-state index contributed by atoms with van der Waals surface area (Å²) in [5.41, 5.74) is 0.209. The molecule has 0 spiro atoms. The summed E-state index contributed by atoms with van der Waals surface area (Å²) in [7, 11) is 2.74. The quantitative estimate of drug-likeness (QED) is 0.371. The minimum absolute atomic E-state index is 0.0600. The minimum atomic E-state index is -0.740. The summed E-state index contributed by atoms with van der Waals surface area (Å²) in [5.74, 6) is -0.384. The maximum atomic E-state index is 11.5. The van der Waals surface area contributed by atoms with E-state index in [9.17, 15) is 9.90 Å². The molecular formula is C13H15NO4. The number of benzene rings is 1. The van der Waals surface area contributed by atoms with Gasteiger partial charge < -0.3 is 20.0 Å². The van der Waals surface area contributed by atoms with Crippen LogP contribution in [0.1, 0.15) is 12.5 Å². The molecule has 0 saturated carbocycles. The Labute approximate surface area is 105 Å². The van der Waals surface area contributed by atoms with Crippen molar-refractivity contribution < 1.29 is 19.4 Å². The molecule has 18 heavy (non-hydrogen) atoms. The molecule has 0 amide bonds. The predicted molar refractivity (Wildman–Crippen MR) is 68.0 cm³/mol. The van der Waals surface area contributed by atoms with E-state index < -0.39 is 5.97 Å². The van der Waals surface area contributed by atoms with Gasteiger partial charge in [0.15, 0.2) is 0 Å². The average molecular weight is 249 g/mol. The van der Waals surface area contributed by atoms with Crippen molar-refractivity contribution in [3.05, 3.63) is 35.4 Å². The molecule has 0 fully saturated rings. The molecule has 0 bridgehead atoms. The smallest absolute Gasteiger partial charge is 0.343 e. The van der Waals surface area contributed by atoms with Crippen LogP contribution in [0.25, 0.3) is 5.76 Å². The number of hydrogen-bond donors (Lipinski definition) is 2. The summed E-state index contributed by atoms with van der Waals surface area (Å²) >= 11 is 0. The Bertz CT molecular complexity index is 488. The van der Waals surface area contributed by atoms with Crippen LogP contribution in [0.4, 0.5) is 0 Å². The molecule has 5 heteroatoms. The van der Waals surface area contributed by atoms with E-state index in [2.05, 4.69) is 4.74 Å². The zero-order chi connectivity index (χ0) is 13.7. The third kappa shape index (κ3) is 2.88. The van der Waals surface area contributed by atoms with E-state index in [0.29, 0.717) is 11.3 Å². The Morgan fingerprint density at radius 3 is 2.17 bits per heavy atom. The monoisotopic (exact) mass is 249 g/mol. The van der Waals surface area contributed by atoms with Gasteiger partial charge in [-0.1, -0.05) is 0 Å². The lowest BCUT2D eigenvalue weighted by atomic mass is 10.1. The first-order chi connectivity index (χ1) is 8.51. The van der Waals surface area contributed by atoms with Gasteiger partial charge >= 0.3 is 5.97 Å². The molecule has 0 atom stereocenters. The molecule has 2 N–H and O–H groups in total. The second-order valence-corrected chi connectivity index (χ2v) is 3.57. The van der Waals surface area contributed by atoms with Gasteiger partial charge in [0, 0.05) is 11.3 Å². The first kappa shape index (κ1) is 13.8. The lowest BCUT2D eigenvalue weighted by Crippen LogP contribution is -2.13. The van der Waals surface area contributed by atoms with Crippen LogP contribution in [0.2, 0.25) is 0 Å². The Kier molecular flexibility index (Phi) is 4.48. The van der Waals surface area contributed by atoms with Crippen molar-refractivity contribution in [2.75, 3.05) is 14.2 Å². The minimum Gasteiger partial charge on any atom is -0.506 e. The van der Waals surface area contributed by atoms with E-state index >= 15 is 0 Å². The summed E-state index contributed by atoms with van der Waals surface area (Å²) in [6.45, 7) is 1.41. The zero-order valence-electron chi connectivity index (χ0n) is 10.5. The van der Waals surface area contributed by atoms with Crippen LogP contribution in [0, 0.1) is 5.41 Å². The van der Waals surface area contributed by atoms with E-state index in [4.69, 9.17) is 10.1 Å². The highest BCUT2D eigenvalue weighted by molar-refractivity contribution is 6.22. The average Bonchev–Trinajstić information content (AvgIpc) is 2.38. The van der Waals surface area contributed by atoms with Crippen molar-refractivity contribution in [3.63, 3.8) is 0 Å². The number of methoxy groups -OCH3 is 2. The summed E-state index contributed by atoms with van der Waals surface area (Å²) in [6, 6.07) is 6.50. The van der Waals surface area contributed by atoms with Crippen LogP contribution < -0.4 is 4.74 Å². The fourth-order valence-corrected chi connectivity index (χ4v) is 1.42. The fourth-order valence-electron chi connectivity index (χ4n) is 1.42. The summed E-state index contributed by atoms with van der Waals surface area (Å²) in [5, 5.41) is 17.5. The molecule has 0 heterocycles. The van der Waals surface area contributed by atoms with Crippen LogP contribution >= 0.6 is 0 Å².